The van der Waals surface area contributed by atoms with Gasteiger partial charge in [0.25, 0.3) is 11.6 Å². The van der Waals surface area contributed by atoms with Gasteiger partial charge in [0.1, 0.15) is 5.75 Å². The standard InChI is InChI=1S/C23H24F3N3O4/c24-23(25,26)16-5-7-17(8-6-16)27-11-13-28(14-12-27)22(30)20-15-18(29(31)32)9-10-21(20)33-19-3-1-2-4-19/h5-10,15,19H,1-4,11-14H2. The highest BCUT2D eigenvalue weighted by atomic mass is 19.4. The molecule has 2 aromatic carbocycles. The fraction of sp³-hybridized carbons (Fsp3) is 0.435. The predicted molar refractivity (Wildman–Crippen MR) is 116 cm³/mol. The van der Waals surface area contributed by atoms with E-state index in [2.05, 4.69) is 0 Å². The summed E-state index contributed by atoms with van der Waals surface area (Å²) in [5.74, 6) is 0.00133. The van der Waals surface area contributed by atoms with Gasteiger partial charge in [0.2, 0.25) is 0 Å². The molecule has 1 saturated carbocycles. The van der Waals surface area contributed by atoms with Crippen LogP contribution in [0.25, 0.3) is 0 Å². The van der Waals surface area contributed by atoms with Crippen molar-refractivity contribution in [1.29, 1.82) is 0 Å². The molecule has 1 aliphatic carbocycles. The smallest absolute Gasteiger partial charge is 0.416 e. The zero-order valence-electron chi connectivity index (χ0n) is 17.9. The van der Waals surface area contributed by atoms with E-state index in [9.17, 15) is 28.1 Å². The molecule has 1 heterocycles. The van der Waals surface area contributed by atoms with Crippen LogP contribution in [-0.4, -0.2) is 48.0 Å². The highest BCUT2D eigenvalue weighted by Crippen LogP contribution is 2.32. The molecule has 0 atom stereocenters. The highest BCUT2D eigenvalue weighted by Gasteiger charge is 2.31. The molecule has 2 fully saturated rings. The summed E-state index contributed by atoms with van der Waals surface area (Å²) in [6, 6.07) is 9.02. The Morgan fingerprint density at radius 2 is 1.64 bits per heavy atom. The summed E-state index contributed by atoms with van der Waals surface area (Å²) in [5.41, 5.74) is -0.0733. The second kappa shape index (κ2) is 9.29. The van der Waals surface area contributed by atoms with Crippen molar-refractivity contribution >= 4 is 17.3 Å². The molecule has 10 heteroatoms. The summed E-state index contributed by atoms with van der Waals surface area (Å²) in [7, 11) is 0. The Kier molecular flexibility index (Phi) is 6.44. The number of nitrogens with zero attached hydrogens (tertiary/aromatic N) is 3. The Morgan fingerprint density at radius 3 is 2.21 bits per heavy atom. The molecule has 1 aliphatic heterocycles. The highest BCUT2D eigenvalue weighted by molar-refractivity contribution is 5.97. The molecule has 7 nitrogen and oxygen atoms in total. The fourth-order valence-corrected chi connectivity index (χ4v) is 4.29. The molecule has 0 radical (unpaired) electrons. The molecular weight excluding hydrogens is 439 g/mol. The minimum atomic E-state index is -4.39. The third-order valence-electron chi connectivity index (χ3n) is 6.13. The van der Waals surface area contributed by atoms with Crippen LogP contribution in [0.4, 0.5) is 24.5 Å². The molecule has 1 amide bonds. The number of alkyl halides is 3. The molecule has 33 heavy (non-hydrogen) atoms. The van der Waals surface area contributed by atoms with Gasteiger partial charge < -0.3 is 14.5 Å². The van der Waals surface area contributed by atoms with E-state index in [1.54, 1.807) is 4.90 Å². The third kappa shape index (κ3) is 5.20. The Hall–Kier alpha value is -3.30. The van der Waals surface area contributed by atoms with Crippen LogP contribution < -0.4 is 9.64 Å². The molecule has 2 aliphatic rings. The van der Waals surface area contributed by atoms with Crippen LogP contribution in [0.5, 0.6) is 5.75 Å². The van der Waals surface area contributed by atoms with Gasteiger partial charge in [0.15, 0.2) is 0 Å². The summed E-state index contributed by atoms with van der Waals surface area (Å²) >= 11 is 0. The molecule has 0 aromatic heterocycles. The SMILES string of the molecule is O=C(c1cc([N+](=O)[O-])ccc1OC1CCCC1)N1CCN(c2ccc(C(F)(F)F)cc2)CC1. The van der Waals surface area contributed by atoms with E-state index in [-0.39, 0.29) is 23.3 Å². The van der Waals surface area contributed by atoms with E-state index in [4.69, 9.17) is 4.74 Å². The summed E-state index contributed by atoms with van der Waals surface area (Å²) in [5, 5.41) is 11.3. The Balaban J connectivity index is 1.46. The lowest BCUT2D eigenvalue weighted by Gasteiger charge is -2.36. The number of non-ortho nitro benzene ring substituents is 1. The summed E-state index contributed by atoms with van der Waals surface area (Å²) in [4.78, 5) is 27.5. The van der Waals surface area contributed by atoms with Gasteiger partial charge in [-0.05, 0) is 56.0 Å². The van der Waals surface area contributed by atoms with Crippen molar-refractivity contribution in [3.8, 4) is 5.75 Å². The molecule has 2 aromatic rings. The lowest BCUT2D eigenvalue weighted by molar-refractivity contribution is -0.384. The zero-order valence-corrected chi connectivity index (χ0v) is 17.9. The maximum Gasteiger partial charge on any atom is 0.416 e. The van der Waals surface area contributed by atoms with Crippen LogP contribution in [0.2, 0.25) is 0 Å². The van der Waals surface area contributed by atoms with Gasteiger partial charge in [-0.3, -0.25) is 14.9 Å². The van der Waals surface area contributed by atoms with Crippen LogP contribution in [0.3, 0.4) is 0 Å². The van der Waals surface area contributed by atoms with Gasteiger partial charge in [-0.2, -0.15) is 13.2 Å². The number of hydrogen-bond acceptors (Lipinski definition) is 5. The van der Waals surface area contributed by atoms with E-state index < -0.39 is 16.7 Å². The maximum atomic E-state index is 13.2. The molecule has 0 bridgehead atoms. The van der Waals surface area contributed by atoms with Crippen LogP contribution in [0.1, 0.15) is 41.6 Å². The number of anilines is 1. The van der Waals surface area contributed by atoms with Crippen molar-refractivity contribution < 1.29 is 27.6 Å². The average molecular weight is 463 g/mol. The number of amides is 1. The van der Waals surface area contributed by atoms with Crippen LogP contribution >= 0.6 is 0 Å². The molecule has 0 spiro atoms. The van der Waals surface area contributed by atoms with Crippen molar-refractivity contribution in [3.63, 3.8) is 0 Å². The van der Waals surface area contributed by atoms with E-state index in [1.807, 2.05) is 4.90 Å². The first-order chi connectivity index (χ1) is 15.7. The van der Waals surface area contributed by atoms with Gasteiger partial charge in [-0.1, -0.05) is 0 Å². The van der Waals surface area contributed by atoms with E-state index >= 15 is 0 Å². The summed E-state index contributed by atoms with van der Waals surface area (Å²) in [6.07, 6.45) is -0.526. The lowest BCUT2D eigenvalue weighted by Crippen LogP contribution is -2.48. The van der Waals surface area contributed by atoms with E-state index in [0.29, 0.717) is 37.6 Å². The number of ether oxygens (including phenoxy) is 1. The van der Waals surface area contributed by atoms with Crippen molar-refractivity contribution in [2.24, 2.45) is 0 Å². The third-order valence-corrected chi connectivity index (χ3v) is 6.13. The maximum absolute atomic E-state index is 13.2. The van der Waals surface area contributed by atoms with Gasteiger partial charge in [-0.25, -0.2) is 0 Å². The first kappa shape index (κ1) is 22.9. The summed E-state index contributed by atoms with van der Waals surface area (Å²) < 4.78 is 44.4. The normalized spacial score (nSPS) is 17.3. The number of hydrogen-bond donors (Lipinski definition) is 0. The van der Waals surface area contributed by atoms with Crippen LogP contribution in [-0.2, 0) is 6.18 Å². The topological polar surface area (TPSA) is 75.9 Å². The van der Waals surface area contributed by atoms with Crippen LogP contribution in [0.15, 0.2) is 42.5 Å². The number of benzene rings is 2. The number of piperazine rings is 1. The largest absolute Gasteiger partial charge is 0.490 e. The Labute approximate surface area is 188 Å². The van der Waals surface area contributed by atoms with Crippen molar-refractivity contribution in [2.75, 3.05) is 31.1 Å². The van der Waals surface area contributed by atoms with Gasteiger partial charge >= 0.3 is 6.18 Å². The Morgan fingerprint density at radius 1 is 1.00 bits per heavy atom. The quantitative estimate of drug-likeness (QED) is 0.466. The zero-order chi connectivity index (χ0) is 23.6. The minimum absolute atomic E-state index is 0.00507. The van der Waals surface area contributed by atoms with E-state index in [0.717, 1.165) is 37.8 Å². The predicted octanol–water partition coefficient (Wildman–Crippen LogP) is 4.90. The number of nitro groups is 1. The number of carbonyl (C=O) groups excluding carboxylic acids is 1. The molecule has 1 saturated heterocycles. The number of rotatable bonds is 5. The molecule has 0 unspecified atom stereocenters. The molecule has 0 N–H and O–H groups in total. The number of nitro benzene ring substituents is 1. The first-order valence-electron chi connectivity index (χ1n) is 10.9. The van der Waals surface area contributed by atoms with Crippen LogP contribution in [0, 0.1) is 10.1 Å². The van der Waals surface area contributed by atoms with Crippen molar-refractivity contribution in [3.05, 3.63) is 63.7 Å². The van der Waals surface area contributed by atoms with Crippen molar-refractivity contribution in [1.82, 2.24) is 4.90 Å². The fourth-order valence-electron chi connectivity index (χ4n) is 4.29. The molecular formula is C23H24F3N3O4. The van der Waals surface area contributed by atoms with Gasteiger partial charge in [0, 0.05) is 44.0 Å². The number of halogens is 3. The Bertz CT molecular complexity index is 1010. The second-order valence-electron chi connectivity index (χ2n) is 8.29. The van der Waals surface area contributed by atoms with Crippen molar-refractivity contribution in [2.45, 2.75) is 38.0 Å². The monoisotopic (exact) mass is 463 g/mol. The average Bonchev–Trinajstić information content (AvgIpc) is 3.31. The first-order valence-corrected chi connectivity index (χ1v) is 10.9. The lowest BCUT2D eigenvalue weighted by atomic mass is 10.1. The number of carbonyl (C=O) groups is 1. The van der Waals surface area contributed by atoms with Gasteiger partial charge in [0.05, 0.1) is 22.2 Å². The van der Waals surface area contributed by atoms with Gasteiger partial charge in [-0.15, -0.1) is 0 Å². The minimum Gasteiger partial charge on any atom is -0.490 e. The molecule has 4 rings (SSSR count). The second-order valence-corrected chi connectivity index (χ2v) is 8.29. The van der Waals surface area contributed by atoms with E-state index in [1.165, 1.54) is 30.3 Å². The summed E-state index contributed by atoms with van der Waals surface area (Å²) in [6.45, 7) is 1.55. The molecule has 176 valence electrons.